The largest absolute Gasteiger partial charge is 0.491 e. The van der Waals surface area contributed by atoms with Crippen LogP contribution in [0.1, 0.15) is 68.5 Å². The quantitative estimate of drug-likeness (QED) is 0.0455. The summed E-state index contributed by atoms with van der Waals surface area (Å²) in [5.41, 5.74) is -0.228. The fourth-order valence-electron chi connectivity index (χ4n) is 8.66. The Morgan fingerprint density at radius 3 is 2.45 bits per heavy atom. The van der Waals surface area contributed by atoms with E-state index in [9.17, 15) is 51.3 Å². The van der Waals surface area contributed by atoms with Crippen molar-refractivity contribution >= 4 is 52.5 Å². The first-order chi connectivity index (χ1) is 33.9. The van der Waals surface area contributed by atoms with E-state index in [4.69, 9.17) is 37.4 Å². The molecule has 2 aromatic heterocycles. The number of aromatic nitrogens is 6. The van der Waals surface area contributed by atoms with Gasteiger partial charge in [0, 0.05) is 40.4 Å². The average Bonchev–Trinajstić information content (AvgIpc) is 4.06. The lowest BCUT2D eigenvalue weighted by Gasteiger charge is -2.43. The number of hydrogen-bond acceptors (Lipinski definition) is 13. The van der Waals surface area contributed by atoms with E-state index >= 15 is 0 Å². The molecule has 2 fully saturated rings. The van der Waals surface area contributed by atoms with Gasteiger partial charge in [-0.25, -0.2) is 23.1 Å². The minimum atomic E-state index is -4.89. The molecule has 71 heavy (non-hydrogen) atoms. The number of aliphatic hydroxyl groups is 2. The summed E-state index contributed by atoms with van der Waals surface area (Å²) < 4.78 is 92.8. The van der Waals surface area contributed by atoms with Gasteiger partial charge in [0.2, 0.25) is 11.8 Å². The molecule has 6 atom stereocenters. The maximum atomic E-state index is 14.5. The number of ether oxygens (including phenoxy) is 3. The van der Waals surface area contributed by atoms with E-state index < -0.39 is 94.9 Å². The van der Waals surface area contributed by atoms with Crippen LogP contribution in [0.3, 0.4) is 0 Å². The standard InChI is InChI=1S/C46H38Cl2F5N9O9/c1-21-54-42(62(58-21)34-17-25(47)4-9-29(34)46(51,52)53)41-40(38(39(65)35(20-63)71-41)61-19-32(57-59-61)23-15-30(49)37(48)31(50)16-23)70-13-12-69-27-6-2-22(3-7-27)43(66)55-26-5-8-28-24(14-26)18-60(45(28)68)33-10-11-36(64)56-44(33)67/h2-9,14-17,19,33,35,38-41,63,65H,10-13,18,20H2,1H3,(H,55,66)(H,56,64,67)/t33?,35-,38+,39+,40-,41-/m1/s1. The molecule has 4 aromatic carbocycles. The predicted octanol–water partition coefficient (Wildman–Crippen LogP) is 5.95. The van der Waals surface area contributed by atoms with Crippen molar-refractivity contribution in [1.29, 1.82) is 0 Å². The number of halogens is 7. The Balaban J connectivity index is 0.938. The predicted molar refractivity (Wildman–Crippen MR) is 238 cm³/mol. The van der Waals surface area contributed by atoms with Crippen LogP contribution in [0.15, 0.2) is 79.0 Å². The number of carbonyl (C=O) groups excluding carboxylic acids is 4. The Bertz CT molecular complexity index is 3040. The van der Waals surface area contributed by atoms with Crippen LogP contribution < -0.4 is 15.4 Å². The molecule has 3 aliphatic heterocycles. The highest BCUT2D eigenvalue weighted by Crippen LogP contribution is 2.43. The number of alkyl halides is 3. The van der Waals surface area contributed by atoms with Crippen molar-refractivity contribution < 1.29 is 65.6 Å². The lowest BCUT2D eigenvalue weighted by molar-refractivity contribution is -0.225. The number of benzene rings is 4. The third-order valence-electron chi connectivity index (χ3n) is 12.0. The summed E-state index contributed by atoms with van der Waals surface area (Å²) in [5, 5.41) is 38.8. The summed E-state index contributed by atoms with van der Waals surface area (Å²) in [5.74, 6) is -3.96. The Morgan fingerprint density at radius 2 is 1.75 bits per heavy atom. The molecule has 5 heterocycles. The van der Waals surface area contributed by atoms with Crippen molar-refractivity contribution in [3.05, 3.63) is 135 Å². The monoisotopic (exact) mass is 1030 g/mol. The van der Waals surface area contributed by atoms with Crippen molar-refractivity contribution in [2.45, 2.75) is 69.0 Å². The number of nitrogens with zero attached hydrogens (tertiary/aromatic N) is 7. The van der Waals surface area contributed by atoms with Crippen molar-refractivity contribution in [1.82, 2.24) is 40.0 Å². The summed E-state index contributed by atoms with van der Waals surface area (Å²) in [7, 11) is 0. The summed E-state index contributed by atoms with van der Waals surface area (Å²) in [6.45, 7) is 0.218. The third-order valence-corrected chi connectivity index (χ3v) is 12.6. The van der Waals surface area contributed by atoms with Gasteiger partial charge in [-0.15, -0.1) is 5.10 Å². The number of amides is 4. The lowest BCUT2D eigenvalue weighted by atomic mass is 9.91. The molecule has 0 spiro atoms. The molecule has 18 nitrogen and oxygen atoms in total. The van der Waals surface area contributed by atoms with Crippen LogP contribution in [0.4, 0.5) is 27.6 Å². The van der Waals surface area contributed by atoms with Crippen LogP contribution in [-0.4, -0.2) is 113 Å². The second-order valence-corrected chi connectivity index (χ2v) is 17.4. The highest BCUT2D eigenvalue weighted by atomic mass is 35.5. The van der Waals surface area contributed by atoms with Crippen LogP contribution in [-0.2, 0) is 31.8 Å². The summed E-state index contributed by atoms with van der Waals surface area (Å²) in [4.78, 5) is 56.3. The lowest BCUT2D eigenvalue weighted by Crippen LogP contribution is -2.54. The molecule has 6 aromatic rings. The number of nitrogens with one attached hydrogen (secondary N) is 2. The number of imide groups is 1. The number of hydrogen-bond donors (Lipinski definition) is 4. The number of fused-ring (bicyclic) bond motifs is 1. The Labute approximate surface area is 408 Å². The maximum Gasteiger partial charge on any atom is 0.418 e. The second kappa shape index (κ2) is 19.7. The van der Waals surface area contributed by atoms with Crippen LogP contribution in [0, 0.1) is 18.6 Å². The first-order valence-electron chi connectivity index (χ1n) is 21.6. The summed E-state index contributed by atoms with van der Waals surface area (Å²) in [6, 6.07) is 13.2. The van der Waals surface area contributed by atoms with Crippen molar-refractivity contribution in [2.24, 2.45) is 0 Å². The molecule has 0 radical (unpaired) electrons. The first-order valence-corrected chi connectivity index (χ1v) is 22.4. The molecule has 4 amide bonds. The van der Waals surface area contributed by atoms with Gasteiger partial charge >= 0.3 is 6.18 Å². The van der Waals surface area contributed by atoms with E-state index in [-0.39, 0.29) is 77.7 Å². The minimum absolute atomic E-state index is 0.00361. The number of anilines is 1. The fourth-order valence-corrected chi connectivity index (χ4v) is 8.94. The minimum Gasteiger partial charge on any atom is -0.491 e. The molecule has 9 rings (SSSR count). The van der Waals surface area contributed by atoms with Gasteiger partial charge in [0.25, 0.3) is 11.8 Å². The maximum absolute atomic E-state index is 14.5. The molecule has 370 valence electrons. The topological polar surface area (TPSA) is 225 Å². The van der Waals surface area contributed by atoms with Crippen molar-refractivity contribution in [3.8, 4) is 22.7 Å². The fraction of sp³-hybridized carbons (Fsp3) is 0.304. The molecule has 4 N–H and O–H groups in total. The molecule has 1 unspecified atom stereocenters. The van der Waals surface area contributed by atoms with Crippen molar-refractivity contribution in [3.63, 3.8) is 0 Å². The van der Waals surface area contributed by atoms with Crippen molar-refractivity contribution in [2.75, 3.05) is 25.1 Å². The molecular weight excluding hydrogens is 988 g/mol. The van der Waals surface area contributed by atoms with E-state index in [2.05, 4.69) is 31.0 Å². The molecule has 0 bridgehead atoms. The summed E-state index contributed by atoms with van der Waals surface area (Å²) in [6.07, 6.45) is -9.41. The van der Waals surface area contributed by atoms with Gasteiger partial charge in [-0.2, -0.15) is 18.3 Å². The molecule has 0 aliphatic carbocycles. The Kier molecular flexibility index (Phi) is 13.6. The van der Waals surface area contributed by atoms with Crippen LogP contribution in [0.2, 0.25) is 10.0 Å². The Hall–Kier alpha value is -6.89. The van der Waals surface area contributed by atoms with Gasteiger partial charge in [-0.1, -0.05) is 28.4 Å². The van der Waals surface area contributed by atoms with Gasteiger partial charge in [0.15, 0.2) is 5.82 Å². The smallest absolute Gasteiger partial charge is 0.418 e. The first kappa shape index (κ1) is 49.1. The molecule has 3 aliphatic rings. The van der Waals surface area contributed by atoms with E-state index in [1.165, 1.54) is 42.3 Å². The van der Waals surface area contributed by atoms with E-state index in [0.717, 1.165) is 39.7 Å². The number of piperidine rings is 1. The highest BCUT2D eigenvalue weighted by Gasteiger charge is 2.50. The van der Waals surface area contributed by atoms with Gasteiger partial charge in [-0.3, -0.25) is 24.5 Å². The van der Waals surface area contributed by atoms with E-state index in [1.54, 1.807) is 18.2 Å². The average molecular weight is 1030 g/mol. The number of rotatable bonds is 13. The van der Waals surface area contributed by atoms with E-state index in [0.29, 0.717) is 16.8 Å². The number of aliphatic hydroxyl groups excluding tert-OH is 2. The zero-order chi connectivity index (χ0) is 50.5. The van der Waals surface area contributed by atoms with Gasteiger partial charge in [0.1, 0.15) is 77.0 Å². The molecule has 25 heteroatoms. The van der Waals surface area contributed by atoms with E-state index in [1.807, 2.05) is 0 Å². The van der Waals surface area contributed by atoms with Gasteiger partial charge in [-0.05, 0) is 91.7 Å². The third kappa shape index (κ3) is 9.92. The Morgan fingerprint density at radius 1 is 1.00 bits per heavy atom. The SMILES string of the molecule is Cc1nc([C@@H]2O[C@H](CO)[C@H](O)[C@H](n3cc(-c4cc(F)c(Cl)c(F)c4)nn3)[C@H]2OCCOc2ccc(C(=O)Nc3ccc4c(c3)CN(C3CCC(=O)NC3=O)C4=O)cc2)n(-c2cc(Cl)ccc2C(F)(F)F)n1. The van der Waals surface area contributed by atoms with Gasteiger partial charge < -0.3 is 34.6 Å². The van der Waals surface area contributed by atoms with Crippen LogP contribution in [0.5, 0.6) is 5.75 Å². The zero-order valence-electron chi connectivity index (χ0n) is 36.7. The molecule has 2 saturated heterocycles. The number of carbonyl (C=O) groups is 4. The molecular formula is C46H38Cl2F5N9O9. The highest BCUT2D eigenvalue weighted by molar-refractivity contribution is 6.31. The normalized spacial score (nSPS) is 21.3. The molecule has 0 saturated carbocycles. The van der Waals surface area contributed by atoms with Crippen LogP contribution >= 0.6 is 23.2 Å². The van der Waals surface area contributed by atoms with Crippen LogP contribution in [0.25, 0.3) is 16.9 Å². The van der Waals surface area contributed by atoms with Gasteiger partial charge in [0.05, 0.1) is 30.7 Å². The summed E-state index contributed by atoms with van der Waals surface area (Å²) >= 11 is 11.9. The zero-order valence-corrected chi connectivity index (χ0v) is 38.3. The number of aryl methyl sites for hydroxylation is 1. The second-order valence-electron chi connectivity index (χ2n) is 16.6.